The number of rotatable bonds is 2. The van der Waals surface area contributed by atoms with E-state index in [1.165, 1.54) is 6.07 Å². The number of nitriles is 1. The van der Waals surface area contributed by atoms with Gasteiger partial charge in [-0.1, -0.05) is 0 Å². The van der Waals surface area contributed by atoms with E-state index in [4.69, 9.17) is 11.0 Å². The molecule has 0 saturated carbocycles. The maximum Gasteiger partial charge on any atom is 0.271 e. The predicted octanol–water partition coefficient (Wildman–Crippen LogP) is -0.307. The lowest BCUT2D eigenvalue weighted by molar-refractivity contribution is 0.407. The van der Waals surface area contributed by atoms with Gasteiger partial charge in [-0.3, -0.25) is 9.36 Å². The van der Waals surface area contributed by atoms with E-state index in [-0.39, 0.29) is 24.5 Å². The molecule has 74 valence electrons. The van der Waals surface area contributed by atoms with Crippen molar-refractivity contribution in [3.8, 4) is 11.9 Å². The van der Waals surface area contributed by atoms with Crippen LogP contribution in [0.5, 0.6) is 5.88 Å². The van der Waals surface area contributed by atoms with Crippen molar-refractivity contribution in [3.05, 3.63) is 27.5 Å². The van der Waals surface area contributed by atoms with Crippen LogP contribution in [0.1, 0.15) is 11.1 Å². The molecule has 0 atom stereocenters. The van der Waals surface area contributed by atoms with Crippen LogP contribution in [0.25, 0.3) is 0 Å². The summed E-state index contributed by atoms with van der Waals surface area (Å²) in [7, 11) is 0. The molecule has 1 heterocycles. The van der Waals surface area contributed by atoms with Crippen LogP contribution in [0, 0.1) is 18.3 Å². The molecule has 0 aliphatic carbocycles. The van der Waals surface area contributed by atoms with Crippen molar-refractivity contribution in [2.24, 2.45) is 5.73 Å². The van der Waals surface area contributed by atoms with Gasteiger partial charge < -0.3 is 10.8 Å². The highest BCUT2D eigenvalue weighted by atomic mass is 16.3. The standard InChI is InChI=1S/C9H11N3O2/c1-6-4-8(13)12(3-2-10)9(14)7(6)5-11/h4,13H,2-3,10H2,1H3. The molecule has 0 aromatic carbocycles. The SMILES string of the molecule is Cc1cc(O)n(CCN)c(=O)c1C#N. The Morgan fingerprint density at radius 3 is 2.86 bits per heavy atom. The van der Waals surface area contributed by atoms with Crippen LogP contribution in [-0.4, -0.2) is 16.2 Å². The van der Waals surface area contributed by atoms with Crippen molar-refractivity contribution >= 4 is 0 Å². The Bertz CT molecular complexity index is 443. The third kappa shape index (κ3) is 1.60. The van der Waals surface area contributed by atoms with E-state index in [2.05, 4.69) is 0 Å². The van der Waals surface area contributed by atoms with Gasteiger partial charge in [0.25, 0.3) is 5.56 Å². The minimum atomic E-state index is -0.490. The van der Waals surface area contributed by atoms with Crippen molar-refractivity contribution in [1.29, 1.82) is 5.26 Å². The maximum atomic E-state index is 11.6. The van der Waals surface area contributed by atoms with Crippen LogP contribution in [0.3, 0.4) is 0 Å². The molecule has 3 N–H and O–H groups in total. The third-order valence-electron chi connectivity index (χ3n) is 1.94. The van der Waals surface area contributed by atoms with Crippen LogP contribution in [0.15, 0.2) is 10.9 Å². The zero-order valence-corrected chi connectivity index (χ0v) is 7.82. The first-order valence-corrected chi connectivity index (χ1v) is 4.15. The molecule has 0 saturated heterocycles. The molecule has 1 aromatic rings. The fourth-order valence-electron chi connectivity index (χ4n) is 1.23. The van der Waals surface area contributed by atoms with Gasteiger partial charge in [0.05, 0.1) is 0 Å². The lowest BCUT2D eigenvalue weighted by atomic mass is 10.1. The third-order valence-corrected chi connectivity index (χ3v) is 1.94. The second-order valence-electron chi connectivity index (χ2n) is 2.92. The van der Waals surface area contributed by atoms with E-state index in [0.717, 1.165) is 4.57 Å². The van der Waals surface area contributed by atoms with Gasteiger partial charge in [0, 0.05) is 19.2 Å². The van der Waals surface area contributed by atoms with Crippen molar-refractivity contribution in [2.75, 3.05) is 6.54 Å². The molecule has 5 nitrogen and oxygen atoms in total. The summed E-state index contributed by atoms with van der Waals surface area (Å²) in [5.41, 5.74) is 5.31. The van der Waals surface area contributed by atoms with Crippen LogP contribution in [0.4, 0.5) is 0 Å². The van der Waals surface area contributed by atoms with E-state index in [1.54, 1.807) is 13.0 Å². The molecule has 0 aliphatic rings. The maximum absolute atomic E-state index is 11.6. The van der Waals surface area contributed by atoms with Gasteiger partial charge in [0.1, 0.15) is 11.6 Å². The number of hydrogen-bond acceptors (Lipinski definition) is 4. The summed E-state index contributed by atoms with van der Waals surface area (Å²) < 4.78 is 1.09. The summed E-state index contributed by atoms with van der Waals surface area (Å²) >= 11 is 0. The minimum absolute atomic E-state index is 0.0521. The number of aryl methyl sites for hydroxylation is 1. The van der Waals surface area contributed by atoms with Crippen LogP contribution in [-0.2, 0) is 6.54 Å². The first-order valence-electron chi connectivity index (χ1n) is 4.15. The van der Waals surface area contributed by atoms with Gasteiger partial charge >= 0.3 is 0 Å². The highest BCUT2D eigenvalue weighted by Gasteiger charge is 2.10. The van der Waals surface area contributed by atoms with Gasteiger partial charge in [0.15, 0.2) is 5.88 Å². The van der Waals surface area contributed by atoms with E-state index >= 15 is 0 Å². The Labute approximate surface area is 81.0 Å². The van der Waals surface area contributed by atoms with Crippen LogP contribution >= 0.6 is 0 Å². The Hall–Kier alpha value is -1.80. The lowest BCUT2D eigenvalue weighted by Gasteiger charge is -2.08. The molecule has 0 bridgehead atoms. The Kier molecular flexibility index (Phi) is 2.89. The van der Waals surface area contributed by atoms with Crippen molar-refractivity contribution in [3.63, 3.8) is 0 Å². The van der Waals surface area contributed by atoms with E-state index in [9.17, 15) is 9.90 Å². The Morgan fingerprint density at radius 2 is 2.36 bits per heavy atom. The Morgan fingerprint density at radius 1 is 1.71 bits per heavy atom. The molecule has 0 unspecified atom stereocenters. The number of aromatic hydroxyl groups is 1. The second kappa shape index (κ2) is 3.94. The lowest BCUT2D eigenvalue weighted by Crippen LogP contribution is -2.26. The summed E-state index contributed by atoms with van der Waals surface area (Å²) in [6, 6.07) is 3.19. The highest BCUT2D eigenvalue weighted by molar-refractivity contribution is 5.37. The fourth-order valence-corrected chi connectivity index (χ4v) is 1.23. The largest absolute Gasteiger partial charge is 0.494 e. The van der Waals surface area contributed by atoms with Crippen molar-refractivity contribution in [2.45, 2.75) is 13.5 Å². The summed E-state index contributed by atoms with van der Waals surface area (Å²) in [4.78, 5) is 11.6. The Balaban J connectivity index is 3.46. The molecule has 5 heteroatoms. The molecular formula is C9H11N3O2. The topological polar surface area (TPSA) is 92.0 Å². The van der Waals surface area contributed by atoms with Crippen molar-refractivity contribution in [1.82, 2.24) is 4.57 Å². The molecule has 0 radical (unpaired) electrons. The molecule has 0 spiro atoms. The summed E-state index contributed by atoms with van der Waals surface area (Å²) in [5, 5.41) is 18.1. The summed E-state index contributed by atoms with van der Waals surface area (Å²) in [5.74, 6) is -0.156. The smallest absolute Gasteiger partial charge is 0.271 e. The quantitative estimate of drug-likeness (QED) is 0.674. The van der Waals surface area contributed by atoms with Gasteiger partial charge in [-0.2, -0.15) is 5.26 Å². The highest BCUT2D eigenvalue weighted by Crippen LogP contribution is 2.10. The molecule has 1 rings (SSSR count). The normalized spacial score (nSPS) is 9.79. The van der Waals surface area contributed by atoms with Crippen molar-refractivity contribution < 1.29 is 5.11 Å². The van der Waals surface area contributed by atoms with Gasteiger partial charge in [-0.05, 0) is 12.5 Å². The average Bonchev–Trinajstić information content (AvgIpc) is 2.12. The molecular weight excluding hydrogens is 182 g/mol. The monoisotopic (exact) mass is 193 g/mol. The number of pyridine rings is 1. The van der Waals surface area contributed by atoms with E-state index in [0.29, 0.717) is 5.56 Å². The zero-order chi connectivity index (χ0) is 10.7. The number of nitrogens with zero attached hydrogens (tertiary/aromatic N) is 2. The summed E-state index contributed by atoms with van der Waals surface area (Å²) in [6.45, 7) is 2.05. The molecule has 1 aromatic heterocycles. The number of aromatic nitrogens is 1. The van der Waals surface area contributed by atoms with Gasteiger partial charge in [-0.25, -0.2) is 0 Å². The second-order valence-corrected chi connectivity index (χ2v) is 2.92. The molecule has 0 fully saturated rings. The first kappa shape index (κ1) is 10.3. The van der Waals surface area contributed by atoms with Crippen LogP contribution < -0.4 is 11.3 Å². The number of hydrogen-bond donors (Lipinski definition) is 2. The van der Waals surface area contributed by atoms with Gasteiger partial charge in [0.2, 0.25) is 0 Å². The molecule has 14 heavy (non-hydrogen) atoms. The first-order chi connectivity index (χ1) is 6.61. The minimum Gasteiger partial charge on any atom is -0.494 e. The van der Waals surface area contributed by atoms with E-state index in [1.807, 2.05) is 0 Å². The van der Waals surface area contributed by atoms with Crippen LogP contribution in [0.2, 0.25) is 0 Å². The summed E-state index contributed by atoms with van der Waals surface area (Å²) in [6.07, 6.45) is 0. The predicted molar refractivity (Wildman–Crippen MR) is 50.9 cm³/mol. The molecule has 0 amide bonds. The fraction of sp³-hybridized carbons (Fsp3) is 0.333. The van der Waals surface area contributed by atoms with Gasteiger partial charge in [-0.15, -0.1) is 0 Å². The van der Waals surface area contributed by atoms with E-state index < -0.39 is 5.56 Å². The average molecular weight is 193 g/mol. The molecule has 0 aliphatic heterocycles. The zero-order valence-electron chi connectivity index (χ0n) is 7.82. The number of nitrogens with two attached hydrogens (primary N) is 1.